The minimum atomic E-state index is -0.192. The minimum absolute atomic E-state index is 0.192. The van der Waals surface area contributed by atoms with E-state index in [1.807, 2.05) is 0 Å². The Balaban J connectivity index is 1.89. The van der Waals surface area contributed by atoms with Crippen LogP contribution in [0.5, 0.6) is 0 Å². The zero-order chi connectivity index (χ0) is 13.8. The fourth-order valence-corrected chi connectivity index (χ4v) is 3.35. The molecule has 1 saturated heterocycles. The molecule has 2 fully saturated rings. The molecule has 0 aromatic rings. The standard InChI is InChI=1S/C15H28N2O2/c1-2-4-15(5-3-9-16-12-15)13(19)17-11-14(6-7-14)8-10-18/h16,18H,2-12H2,1H3,(H,17,19). The van der Waals surface area contributed by atoms with Crippen LogP contribution in [0, 0.1) is 10.8 Å². The zero-order valence-electron chi connectivity index (χ0n) is 12.1. The van der Waals surface area contributed by atoms with E-state index in [1.54, 1.807) is 0 Å². The smallest absolute Gasteiger partial charge is 0.227 e. The van der Waals surface area contributed by atoms with E-state index in [4.69, 9.17) is 5.11 Å². The van der Waals surface area contributed by atoms with Crippen LogP contribution in [-0.4, -0.2) is 37.3 Å². The molecule has 2 aliphatic rings. The van der Waals surface area contributed by atoms with Crippen LogP contribution in [0.3, 0.4) is 0 Å². The van der Waals surface area contributed by atoms with Gasteiger partial charge in [0.1, 0.15) is 0 Å². The number of amides is 1. The van der Waals surface area contributed by atoms with Crippen molar-refractivity contribution in [3.63, 3.8) is 0 Å². The van der Waals surface area contributed by atoms with Gasteiger partial charge in [-0.3, -0.25) is 4.79 Å². The molecule has 0 radical (unpaired) electrons. The van der Waals surface area contributed by atoms with Gasteiger partial charge in [0.05, 0.1) is 5.41 Å². The Hall–Kier alpha value is -0.610. The van der Waals surface area contributed by atoms with E-state index in [0.29, 0.717) is 0 Å². The molecule has 3 N–H and O–H groups in total. The summed E-state index contributed by atoms with van der Waals surface area (Å²) in [6.45, 7) is 4.99. The van der Waals surface area contributed by atoms with Crippen molar-refractivity contribution >= 4 is 5.91 Å². The van der Waals surface area contributed by atoms with E-state index in [9.17, 15) is 4.79 Å². The molecule has 1 heterocycles. The number of rotatable bonds is 7. The number of hydrogen-bond donors (Lipinski definition) is 3. The van der Waals surface area contributed by atoms with Crippen molar-refractivity contribution < 1.29 is 9.90 Å². The van der Waals surface area contributed by atoms with E-state index in [0.717, 1.165) is 64.6 Å². The number of aliphatic hydroxyl groups excluding tert-OH is 1. The summed E-state index contributed by atoms with van der Waals surface area (Å²) in [5, 5.41) is 15.6. The van der Waals surface area contributed by atoms with E-state index in [-0.39, 0.29) is 23.3 Å². The summed E-state index contributed by atoms with van der Waals surface area (Å²) in [6.07, 6.45) is 7.24. The second-order valence-corrected chi connectivity index (χ2v) is 6.47. The van der Waals surface area contributed by atoms with E-state index in [2.05, 4.69) is 17.6 Å². The number of piperidine rings is 1. The first-order valence-corrected chi connectivity index (χ1v) is 7.76. The Bertz CT molecular complexity index is 302. The zero-order valence-corrected chi connectivity index (χ0v) is 12.1. The van der Waals surface area contributed by atoms with Gasteiger partial charge in [-0.05, 0) is 50.5 Å². The van der Waals surface area contributed by atoms with Crippen molar-refractivity contribution in [2.24, 2.45) is 10.8 Å². The third-order valence-corrected chi connectivity index (χ3v) is 4.91. The Morgan fingerprint density at radius 3 is 2.63 bits per heavy atom. The summed E-state index contributed by atoms with van der Waals surface area (Å²) >= 11 is 0. The maximum absolute atomic E-state index is 12.6. The maximum atomic E-state index is 12.6. The van der Waals surface area contributed by atoms with Gasteiger partial charge in [0.15, 0.2) is 0 Å². The molecular weight excluding hydrogens is 240 g/mol. The average Bonchev–Trinajstić information content (AvgIpc) is 3.18. The lowest BCUT2D eigenvalue weighted by molar-refractivity contribution is -0.133. The van der Waals surface area contributed by atoms with Gasteiger partial charge in [0, 0.05) is 19.7 Å². The molecule has 19 heavy (non-hydrogen) atoms. The molecule has 1 unspecified atom stereocenters. The van der Waals surface area contributed by atoms with Crippen LogP contribution in [0.25, 0.3) is 0 Å². The number of carbonyl (C=O) groups is 1. The molecule has 110 valence electrons. The second kappa shape index (κ2) is 6.23. The number of hydrogen-bond acceptors (Lipinski definition) is 3. The third-order valence-electron chi connectivity index (χ3n) is 4.91. The summed E-state index contributed by atoms with van der Waals surface area (Å²) in [7, 11) is 0. The van der Waals surface area contributed by atoms with Crippen molar-refractivity contribution in [1.29, 1.82) is 0 Å². The molecule has 1 aliphatic carbocycles. The molecule has 0 aromatic carbocycles. The molecule has 1 aliphatic heterocycles. The topological polar surface area (TPSA) is 61.4 Å². The van der Waals surface area contributed by atoms with Crippen LogP contribution < -0.4 is 10.6 Å². The quantitative estimate of drug-likeness (QED) is 0.654. The third kappa shape index (κ3) is 3.48. The van der Waals surface area contributed by atoms with Crippen molar-refractivity contribution in [2.45, 2.75) is 51.9 Å². The van der Waals surface area contributed by atoms with Crippen molar-refractivity contribution in [3.05, 3.63) is 0 Å². The Morgan fingerprint density at radius 1 is 1.32 bits per heavy atom. The molecular formula is C15H28N2O2. The predicted molar refractivity (Wildman–Crippen MR) is 75.8 cm³/mol. The van der Waals surface area contributed by atoms with Gasteiger partial charge in [-0.15, -0.1) is 0 Å². The second-order valence-electron chi connectivity index (χ2n) is 6.47. The maximum Gasteiger partial charge on any atom is 0.227 e. The first kappa shape index (κ1) is 14.8. The molecule has 2 rings (SSSR count). The minimum Gasteiger partial charge on any atom is -0.396 e. The molecule has 1 amide bonds. The molecule has 0 bridgehead atoms. The van der Waals surface area contributed by atoms with Gasteiger partial charge in [-0.1, -0.05) is 13.3 Å². The Morgan fingerprint density at radius 2 is 2.11 bits per heavy atom. The SMILES string of the molecule is CCCC1(C(=O)NCC2(CCO)CC2)CCCNC1. The Labute approximate surface area is 116 Å². The van der Waals surface area contributed by atoms with Gasteiger partial charge >= 0.3 is 0 Å². The van der Waals surface area contributed by atoms with E-state index in [1.165, 1.54) is 0 Å². The highest BCUT2D eigenvalue weighted by Gasteiger charge is 2.44. The van der Waals surface area contributed by atoms with Crippen molar-refractivity contribution in [1.82, 2.24) is 10.6 Å². The number of nitrogens with one attached hydrogen (secondary N) is 2. The lowest BCUT2D eigenvalue weighted by Crippen LogP contribution is -2.51. The summed E-state index contributed by atoms with van der Waals surface area (Å²) in [6, 6.07) is 0. The fourth-order valence-electron chi connectivity index (χ4n) is 3.35. The van der Waals surface area contributed by atoms with Crippen molar-refractivity contribution in [2.75, 3.05) is 26.2 Å². The fraction of sp³-hybridized carbons (Fsp3) is 0.933. The van der Waals surface area contributed by atoms with Crippen LogP contribution in [0.2, 0.25) is 0 Å². The van der Waals surface area contributed by atoms with E-state index >= 15 is 0 Å². The van der Waals surface area contributed by atoms with Crippen LogP contribution in [-0.2, 0) is 4.79 Å². The van der Waals surface area contributed by atoms with Gasteiger partial charge < -0.3 is 15.7 Å². The van der Waals surface area contributed by atoms with Gasteiger partial charge in [-0.2, -0.15) is 0 Å². The lowest BCUT2D eigenvalue weighted by Gasteiger charge is -2.36. The number of carbonyl (C=O) groups excluding carboxylic acids is 1. The highest BCUT2D eigenvalue weighted by Crippen LogP contribution is 2.48. The first-order valence-electron chi connectivity index (χ1n) is 7.76. The predicted octanol–water partition coefficient (Wildman–Crippen LogP) is 1.44. The molecule has 0 aromatic heterocycles. The summed E-state index contributed by atoms with van der Waals surface area (Å²) < 4.78 is 0. The summed E-state index contributed by atoms with van der Waals surface area (Å²) in [4.78, 5) is 12.6. The Kier molecular flexibility index (Phi) is 4.85. The largest absolute Gasteiger partial charge is 0.396 e. The van der Waals surface area contributed by atoms with Crippen LogP contribution >= 0.6 is 0 Å². The summed E-state index contributed by atoms with van der Waals surface area (Å²) in [5.74, 6) is 0.228. The molecule has 4 nitrogen and oxygen atoms in total. The van der Waals surface area contributed by atoms with Gasteiger partial charge in [0.25, 0.3) is 0 Å². The average molecular weight is 268 g/mol. The van der Waals surface area contributed by atoms with E-state index < -0.39 is 0 Å². The molecule has 0 spiro atoms. The van der Waals surface area contributed by atoms with Gasteiger partial charge in [0.2, 0.25) is 5.91 Å². The monoisotopic (exact) mass is 268 g/mol. The molecule has 1 atom stereocenters. The normalized spacial score (nSPS) is 28.9. The highest BCUT2D eigenvalue weighted by atomic mass is 16.3. The van der Waals surface area contributed by atoms with Gasteiger partial charge in [-0.25, -0.2) is 0 Å². The van der Waals surface area contributed by atoms with Crippen LogP contribution in [0.1, 0.15) is 51.9 Å². The van der Waals surface area contributed by atoms with Crippen LogP contribution in [0.15, 0.2) is 0 Å². The summed E-state index contributed by atoms with van der Waals surface area (Å²) in [5.41, 5.74) is 0.0161. The highest BCUT2D eigenvalue weighted by molar-refractivity contribution is 5.83. The molecule has 1 saturated carbocycles. The van der Waals surface area contributed by atoms with Crippen LogP contribution in [0.4, 0.5) is 0 Å². The first-order chi connectivity index (χ1) is 9.16. The van der Waals surface area contributed by atoms with Crippen molar-refractivity contribution in [3.8, 4) is 0 Å². The lowest BCUT2D eigenvalue weighted by atomic mass is 9.76. The molecule has 4 heteroatoms. The number of aliphatic hydroxyl groups is 1.